The third kappa shape index (κ3) is 3.29. The van der Waals surface area contributed by atoms with Gasteiger partial charge in [-0.3, -0.25) is 0 Å². The van der Waals surface area contributed by atoms with Crippen LogP contribution in [0, 0.1) is 0 Å². The molecule has 2 N–H and O–H groups in total. The molecular formula is C11H15NO4S. The van der Waals surface area contributed by atoms with Crippen LogP contribution < -0.4 is 0 Å². The van der Waals surface area contributed by atoms with E-state index in [1.54, 1.807) is 0 Å². The van der Waals surface area contributed by atoms with Crippen LogP contribution in [0.15, 0.2) is 41.8 Å². The van der Waals surface area contributed by atoms with Crippen LogP contribution in [0.3, 0.4) is 0 Å². The lowest BCUT2D eigenvalue weighted by Gasteiger charge is -2.19. The van der Waals surface area contributed by atoms with Crippen molar-refractivity contribution in [3.63, 3.8) is 0 Å². The highest BCUT2D eigenvalue weighted by Crippen LogP contribution is 2.19. The zero-order chi connectivity index (χ0) is 12.9. The molecule has 1 rings (SSSR count). The van der Waals surface area contributed by atoms with E-state index in [4.69, 9.17) is 5.11 Å². The number of phenols is 1. The summed E-state index contributed by atoms with van der Waals surface area (Å²) in [5.41, 5.74) is 0. The zero-order valence-corrected chi connectivity index (χ0v) is 10.1. The van der Waals surface area contributed by atoms with E-state index in [0.29, 0.717) is 0 Å². The van der Waals surface area contributed by atoms with Crippen molar-refractivity contribution >= 4 is 10.0 Å². The van der Waals surface area contributed by atoms with E-state index in [1.807, 2.05) is 0 Å². The first-order valence-corrected chi connectivity index (χ1v) is 6.47. The molecule has 0 saturated heterocycles. The third-order valence-corrected chi connectivity index (χ3v) is 4.00. The fraction of sp³-hybridized carbons (Fsp3) is 0.273. The molecule has 0 fully saturated rings. The molecule has 0 bridgehead atoms. The van der Waals surface area contributed by atoms with Crippen LogP contribution in [0.25, 0.3) is 0 Å². The Balaban J connectivity index is 3.11. The number of benzene rings is 1. The molecule has 0 heterocycles. The normalized spacial score (nSPS) is 11.6. The summed E-state index contributed by atoms with van der Waals surface area (Å²) in [6.45, 7) is 3.30. The summed E-state index contributed by atoms with van der Waals surface area (Å²) in [5, 5.41) is 18.1. The van der Waals surface area contributed by atoms with E-state index in [9.17, 15) is 13.5 Å². The van der Waals surface area contributed by atoms with Gasteiger partial charge in [0, 0.05) is 13.1 Å². The largest absolute Gasteiger partial charge is 0.508 e. The average Bonchev–Trinajstić information content (AvgIpc) is 2.29. The number of hydrogen-bond donors (Lipinski definition) is 2. The highest BCUT2D eigenvalue weighted by Gasteiger charge is 2.23. The van der Waals surface area contributed by atoms with Crippen molar-refractivity contribution in [3.05, 3.63) is 36.9 Å². The van der Waals surface area contributed by atoms with E-state index in [2.05, 4.69) is 6.58 Å². The van der Waals surface area contributed by atoms with E-state index in [1.165, 1.54) is 30.3 Å². The summed E-state index contributed by atoms with van der Waals surface area (Å²) < 4.78 is 25.3. The Hall–Kier alpha value is -1.37. The molecule has 1 aromatic carbocycles. The summed E-state index contributed by atoms with van der Waals surface area (Å²) in [5.74, 6) is -0.117. The topological polar surface area (TPSA) is 77.8 Å². The van der Waals surface area contributed by atoms with Gasteiger partial charge in [0.05, 0.1) is 11.5 Å². The molecule has 0 unspecified atom stereocenters. The molecule has 5 nitrogen and oxygen atoms in total. The summed E-state index contributed by atoms with van der Waals surface area (Å²) in [7, 11) is -3.71. The molecule has 0 aliphatic heterocycles. The second kappa shape index (κ2) is 5.81. The fourth-order valence-electron chi connectivity index (χ4n) is 1.36. The quantitative estimate of drug-likeness (QED) is 0.730. The van der Waals surface area contributed by atoms with Crippen LogP contribution in [0.4, 0.5) is 0 Å². The molecule has 0 spiro atoms. The monoisotopic (exact) mass is 257 g/mol. The fourth-order valence-corrected chi connectivity index (χ4v) is 2.80. The molecule has 0 atom stereocenters. The second-order valence-electron chi connectivity index (χ2n) is 3.37. The number of aromatic hydroxyl groups is 1. The number of aliphatic hydroxyl groups excluding tert-OH is 1. The van der Waals surface area contributed by atoms with E-state index in [-0.39, 0.29) is 30.3 Å². The molecule has 0 aromatic heterocycles. The molecule has 0 aliphatic carbocycles. The van der Waals surface area contributed by atoms with Gasteiger partial charge >= 0.3 is 0 Å². The molecular weight excluding hydrogens is 242 g/mol. The van der Waals surface area contributed by atoms with Crippen molar-refractivity contribution in [2.75, 3.05) is 19.7 Å². The third-order valence-electron chi connectivity index (χ3n) is 2.14. The maximum absolute atomic E-state index is 12.1. The van der Waals surface area contributed by atoms with Gasteiger partial charge in [0.2, 0.25) is 10.0 Å². The predicted octanol–water partition coefficient (Wildman–Crippen LogP) is 0.561. The first-order chi connectivity index (χ1) is 8.02. The van der Waals surface area contributed by atoms with Crippen LogP contribution in [0.2, 0.25) is 0 Å². The summed E-state index contributed by atoms with van der Waals surface area (Å²) in [4.78, 5) is -0.00667. The second-order valence-corrected chi connectivity index (χ2v) is 5.31. The number of phenolic OH excluding ortho intramolecular Hbond substituents is 1. The predicted molar refractivity (Wildman–Crippen MR) is 64.1 cm³/mol. The smallest absolute Gasteiger partial charge is 0.243 e. The minimum atomic E-state index is -3.71. The van der Waals surface area contributed by atoms with Crippen molar-refractivity contribution in [1.82, 2.24) is 4.31 Å². The Morgan fingerprint density at radius 3 is 2.65 bits per heavy atom. The van der Waals surface area contributed by atoms with Crippen molar-refractivity contribution in [2.24, 2.45) is 0 Å². The number of sulfonamides is 1. The van der Waals surface area contributed by atoms with Crippen LogP contribution in [0.5, 0.6) is 5.75 Å². The summed E-state index contributed by atoms with van der Waals surface area (Å²) in [6, 6.07) is 5.40. The lowest BCUT2D eigenvalue weighted by molar-refractivity contribution is 0.260. The number of rotatable bonds is 6. The highest BCUT2D eigenvalue weighted by molar-refractivity contribution is 7.89. The van der Waals surface area contributed by atoms with Crippen molar-refractivity contribution in [3.8, 4) is 5.75 Å². The Labute approximate surface area is 101 Å². The van der Waals surface area contributed by atoms with Gasteiger partial charge < -0.3 is 10.2 Å². The van der Waals surface area contributed by atoms with Gasteiger partial charge in [0.25, 0.3) is 0 Å². The number of aliphatic hydroxyl groups is 1. The van der Waals surface area contributed by atoms with Crippen molar-refractivity contribution in [2.45, 2.75) is 4.90 Å². The van der Waals surface area contributed by atoms with Crippen molar-refractivity contribution in [1.29, 1.82) is 0 Å². The molecule has 94 valence electrons. The Morgan fingerprint density at radius 2 is 2.12 bits per heavy atom. The van der Waals surface area contributed by atoms with Gasteiger partial charge in [-0.05, 0) is 18.2 Å². The molecule has 6 heteroatoms. The van der Waals surface area contributed by atoms with Crippen molar-refractivity contribution < 1.29 is 18.6 Å². The molecule has 0 radical (unpaired) electrons. The Kier molecular flexibility index (Phi) is 4.68. The molecule has 17 heavy (non-hydrogen) atoms. The van der Waals surface area contributed by atoms with Gasteiger partial charge in [-0.15, -0.1) is 6.58 Å². The van der Waals surface area contributed by atoms with Gasteiger partial charge in [-0.2, -0.15) is 4.31 Å². The maximum atomic E-state index is 12.1. The highest BCUT2D eigenvalue weighted by atomic mass is 32.2. The SMILES string of the molecule is C=CCN(CCO)S(=O)(=O)c1cccc(O)c1. The van der Waals surface area contributed by atoms with Gasteiger partial charge in [-0.1, -0.05) is 12.1 Å². The number of hydrogen-bond acceptors (Lipinski definition) is 4. The summed E-state index contributed by atoms with van der Waals surface area (Å²) in [6.07, 6.45) is 1.44. The molecule has 1 aromatic rings. The Bertz CT molecular complexity index is 484. The van der Waals surface area contributed by atoms with E-state index < -0.39 is 10.0 Å². The standard InChI is InChI=1S/C11H15NO4S/c1-2-6-12(7-8-13)17(15,16)11-5-3-4-10(14)9-11/h2-5,9,13-14H,1,6-8H2. The maximum Gasteiger partial charge on any atom is 0.243 e. The van der Waals surface area contributed by atoms with Crippen LogP contribution >= 0.6 is 0 Å². The Morgan fingerprint density at radius 1 is 1.41 bits per heavy atom. The van der Waals surface area contributed by atoms with Crippen LogP contribution in [-0.4, -0.2) is 42.6 Å². The first-order valence-electron chi connectivity index (χ1n) is 5.03. The molecule has 0 amide bonds. The van der Waals surface area contributed by atoms with E-state index in [0.717, 1.165) is 4.31 Å². The van der Waals surface area contributed by atoms with E-state index >= 15 is 0 Å². The average molecular weight is 257 g/mol. The van der Waals surface area contributed by atoms with Gasteiger partial charge in [0.1, 0.15) is 5.75 Å². The van der Waals surface area contributed by atoms with Gasteiger partial charge in [0.15, 0.2) is 0 Å². The lowest BCUT2D eigenvalue weighted by Crippen LogP contribution is -2.33. The zero-order valence-electron chi connectivity index (χ0n) is 9.28. The van der Waals surface area contributed by atoms with Gasteiger partial charge in [-0.25, -0.2) is 8.42 Å². The minimum absolute atomic E-state index is 0.00667. The lowest BCUT2D eigenvalue weighted by atomic mass is 10.3. The molecule has 0 saturated carbocycles. The first kappa shape index (κ1) is 13.7. The van der Waals surface area contributed by atoms with Crippen LogP contribution in [-0.2, 0) is 10.0 Å². The molecule has 0 aliphatic rings. The number of nitrogens with zero attached hydrogens (tertiary/aromatic N) is 1. The minimum Gasteiger partial charge on any atom is -0.508 e. The summed E-state index contributed by atoms with van der Waals surface area (Å²) >= 11 is 0. The van der Waals surface area contributed by atoms with Crippen LogP contribution in [0.1, 0.15) is 0 Å².